The second-order valence-electron chi connectivity index (χ2n) is 2.28. The van der Waals surface area contributed by atoms with Crippen LogP contribution in [0, 0.1) is 0 Å². The lowest BCUT2D eigenvalue weighted by Crippen LogP contribution is -1.88. The maximum atomic E-state index is 5.82. The standard InChI is InChI=1S/C8H10ClNS/c9-8-7(4-2-6-11)3-1-5-10-8/h1,3,5,11H,2,4,6H2. The van der Waals surface area contributed by atoms with E-state index in [1.807, 2.05) is 12.1 Å². The first-order chi connectivity index (χ1) is 5.34. The number of halogens is 1. The minimum absolute atomic E-state index is 0.620. The summed E-state index contributed by atoms with van der Waals surface area (Å²) in [7, 11) is 0. The molecule has 0 aliphatic heterocycles. The van der Waals surface area contributed by atoms with E-state index in [4.69, 9.17) is 11.6 Å². The molecular weight excluding hydrogens is 178 g/mol. The Kier molecular flexibility index (Phi) is 3.73. The van der Waals surface area contributed by atoms with Crippen molar-refractivity contribution in [3.8, 4) is 0 Å². The Hall–Kier alpha value is -0.210. The Morgan fingerprint density at radius 2 is 2.36 bits per heavy atom. The number of aryl methyl sites for hydroxylation is 1. The van der Waals surface area contributed by atoms with Crippen LogP contribution >= 0.6 is 24.2 Å². The minimum atomic E-state index is 0.620. The molecule has 11 heavy (non-hydrogen) atoms. The van der Waals surface area contributed by atoms with E-state index in [9.17, 15) is 0 Å². The van der Waals surface area contributed by atoms with Crippen LogP contribution < -0.4 is 0 Å². The van der Waals surface area contributed by atoms with E-state index in [1.165, 1.54) is 0 Å². The molecule has 0 spiro atoms. The zero-order valence-corrected chi connectivity index (χ0v) is 7.78. The second kappa shape index (κ2) is 4.62. The highest BCUT2D eigenvalue weighted by Crippen LogP contribution is 2.13. The summed E-state index contributed by atoms with van der Waals surface area (Å²) in [5.74, 6) is 0.894. The molecule has 0 aliphatic carbocycles. The summed E-state index contributed by atoms with van der Waals surface area (Å²) in [6.07, 6.45) is 3.72. The van der Waals surface area contributed by atoms with Crippen LogP contribution in [0.3, 0.4) is 0 Å². The third-order valence-electron chi connectivity index (χ3n) is 1.44. The van der Waals surface area contributed by atoms with Crippen LogP contribution in [0.25, 0.3) is 0 Å². The van der Waals surface area contributed by atoms with Gasteiger partial charge in [-0.15, -0.1) is 0 Å². The number of aromatic nitrogens is 1. The quantitative estimate of drug-likeness (QED) is 0.567. The molecule has 0 atom stereocenters. The van der Waals surface area contributed by atoms with Crippen LogP contribution in [0.1, 0.15) is 12.0 Å². The van der Waals surface area contributed by atoms with Gasteiger partial charge in [-0.3, -0.25) is 0 Å². The number of hydrogen-bond donors (Lipinski definition) is 1. The van der Waals surface area contributed by atoms with Crippen LogP contribution in [0.4, 0.5) is 0 Å². The average molecular weight is 188 g/mol. The van der Waals surface area contributed by atoms with Crippen LogP contribution in [0.5, 0.6) is 0 Å². The zero-order chi connectivity index (χ0) is 8.10. The zero-order valence-electron chi connectivity index (χ0n) is 6.13. The molecule has 0 aliphatic rings. The predicted molar refractivity (Wildman–Crippen MR) is 51.4 cm³/mol. The first-order valence-corrected chi connectivity index (χ1v) is 4.56. The third-order valence-corrected chi connectivity index (χ3v) is 2.10. The Bertz CT molecular complexity index is 227. The molecule has 0 saturated carbocycles. The molecule has 0 N–H and O–H groups in total. The van der Waals surface area contributed by atoms with Gasteiger partial charge in [-0.2, -0.15) is 12.6 Å². The number of thiol groups is 1. The van der Waals surface area contributed by atoms with Crippen molar-refractivity contribution in [3.63, 3.8) is 0 Å². The predicted octanol–water partition coefficient (Wildman–Crippen LogP) is 2.60. The van der Waals surface area contributed by atoms with Crippen molar-refractivity contribution in [1.29, 1.82) is 0 Å². The largest absolute Gasteiger partial charge is 0.244 e. The molecule has 3 heteroatoms. The highest BCUT2D eigenvalue weighted by atomic mass is 35.5. The number of rotatable bonds is 3. The Morgan fingerprint density at radius 3 is 3.00 bits per heavy atom. The average Bonchev–Trinajstić information content (AvgIpc) is 2.03. The summed E-state index contributed by atoms with van der Waals surface area (Å²) in [6.45, 7) is 0. The molecule has 0 radical (unpaired) electrons. The van der Waals surface area contributed by atoms with Gasteiger partial charge in [-0.05, 0) is 30.2 Å². The molecule has 0 saturated heterocycles. The molecule has 60 valence electrons. The highest BCUT2D eigenvalue weighted by Gasteiger charge is 1.97. The summed E-state index contributed by atoms with van der Waals surface area (Å²) in [6, 6.07) is 3.90. The van der Waals surface area contributed by atoms with Crippen molar-refractivity contribution in [1.82, 2.24) is 4.98 Å². The molecule has 1 rings (SSSR count). The summed E-state index contributed by atoms with van der Waals surface area (Å²) < 4.78 is 0. The lowest BCUT2D eigenvalue weighted by molar-refractivity contribution is 0.927. The van der Waals surface area contributed by atoms with Gasteiger partial charge >= 0.3 is 0 Å². The van der Waals surface area contributed by atoms with E-state index >= 15 is 0 Å². The van der Waals surface area contributed by atoms with E-state index < -0.39 is 0 Å². The smallest absolute Gasteiger partial charge is 0.132 e. The number of hydrogen-bond acceptors (Lipinski definition) is 2. The summed E-state index contributed by atoms with van der Waals surface area (Å²) in [5, 5.41) is 0.620. The van der Waals surface area contributed by atoms with Crippen LogP contribution in [0.2, 0.25) is 5.15 Å². The SMILES string of the molecule is SCCCc1cccnc1Cl. The van der Waals surface area contributed by atoms with Gasteiger partial charge in [0.25, 0.3) is 0 Å². The molecule has 1 heterocycles. The van der Waals surface area contributed by atoms with E-state index in [2.05, 4.69) is 17.6 Å². The van der Waals surface area contributed by atoms with Crippen molar-refractivity contribution in [2.75, 3.05) is 5.75 Å². The second-order valence-corrected chi connectivity index (χ2v) is 3.09. The van der Waals surface area contributed by atoms with Crippen molar-refractivity contribution >= 4 is 24.2 Å². The van der Waals surface area contributed by atoms with E-state index in [0.29, 0.717) is 5.15 Å². The first kappa shape index (κ1) is 8.88. The van der Waals surface area contributed by atoms with Crippen molar-refractivity contribution < 1.29 is 0 Å². The molecule has 0 amide bonds. The van der Waals surface area contributed by atoms with E-state index in [-0.39, 0.29) is 0 Å². The molecule has 1 aromatic heterocycles. The minimum Gasteiger partial charge on any atom is -0.244 e. The van der Waals surface area contributed by atoms with Gasteiger partial charge in [0.1, 0.15) is 5.15 Å². The summed E-state index contributed by atoms with van der Waals surface area (Å²) in [5.41, 5.74) is 1.11. The van der Waals surface area contributed by atoms with Gasteiger partial charge in [0.15, 0.2) is 0 Å². The summed E-state index contributed by atoms with van der Waals surface area (Å²) >= 11 is 9.95. The fraction of sp³-hybridized carbons (Fsp3) is 0.375. The van der Waals surface area contributed by atoms with Crippen LogP contribution in [0.15, 0.2) is 18.3 Å². The summed E-state index contributed by atoms with van der Waals surface area (Å²) in [4.78, 5) is 3.97. The topological polar surface area (TPSA) is 12.9 Å². The Labute approximate surface area is 77.2 Å². The van der Waals surface area contributed by atoms with Crippen LogP contribution in [-0.4, -0.2) is 10.7 Å². The lowest BCUT2D eigenvalue weighted by Gasteiger charge is -1.99. The van der Waals surface area contributed by atoms with Gasteiger partial charge in [-0.25, -0.2) is 4.98 Å². The Balaban J connectivity index is 2.62. The third kappa shape index (κ3) is 2.72. The van der Waals surface area contributed by atoms with Gasteiger partial charge in [0.2, 0.25) is 0 Å². The fourth-order valence-corrected chi connectivity index (χ4v) is 1.25. The molecular formula is C8H10ClNS. The van der Waals surface area contributed by atoms with Gasteiger partial charge in [-0.1, -0.05) is 17.7 Å². The van der Waals surface area contributed by atoms with Crippen LogP contribution in [-0.2, 0) is 6.42 Å². The van der Waals surface area contributed by atoms with Crippen molar-refractivity contribution in [2.24, 2.45) is 0 Å². The normalized spacial score (nSPS) is 10.0. The highest BCUT2D eigenvalue weighted by molar-refractivity contribution is 7.80. The molecule has 0 bridgehead atoms. The maximum absolute atomic E-state index is 5.82. The molecule has 1 aromatic rings. The first-order valence-electron chi connectivity index (χ1n) is 3.55. The molecule has 1 nitrogen and oxygen atoms in total. The fourth-order valence-electron chi connectivity index (χ4n) is 0.875. The molecule has 0 aromatic carbocycles. The maximum Gasteiger partial charge on any atom is 0.132 e. The van der Waals surface area contributed by atoms with Gasteiger partial charge < -0.3 is 0 Å². The number of pyridine rings is 1. The Morgan fingerprint density at radius 1 is 1.55 bits per heavy atom. The monoisotopic (exact) mass is 187 g/mol. The van der Waals surface area contributed by atoms with Gasteiger partial charge in [0.05, 0.1) is 0 Å². The van der Waals surface area contributed by atoms with Crippen molar-refractivity contribution in [3.05, 3.63) is 29.0 Å². The number of nitrogens with zero attached hydrogens (tertiary/aromatic N) is 1. The van der Waals surface area contributed by atoms with Crippen molar-refractivity contribution in [2.45, 2.75) is 12.8 Å². The van der Waals surface area contributed by atoms with E-state index in [0.717, 1.165) is 24.2 Å². The molecule has 0 fully saturated rings. The molecule has 0 unspecified atom stereocenters. The lowest BCUT2D eigenvalue weighted by atomic mass is 10.2. The van der Waals surface area contributed by atoms with E-state index in [1.54, 1.807) is 6.20 Å². The van der Waals surface area contributed by atoms with Gasteiger partial charge in [0, 0.05) is 6.20 Å².